The van der Waals surface area contributed by atoms with E-state index in [1.165, 1.54) is 64.2 Å². The van der Waals surface area contributed by atoms with Gasteiger partial charge in [-0.25, -0.2) is 0 Å². The number of esters is 1. The maximum Gasteiger partial charge on any atom is 0.306 e. The molecule has 0 aromatic heterocycles. The molecule has 8 unspecified atom stereocenters. The number of rotatable bonds is 45. The highest BCUT2D eigenvalue weighted by Crippen LogP contribution is 2.26. The molecule has 1 fully saturated rings. The number of aliphatic hydroxyl groups is 5. The Labute approximate surface area is 431 Å². The molecule has 0 aliphatic carbocycles. The van der Waals surface area contributed by atoms with Crippen LogP contribution in [-0.2, 0) is 23.8 Å². The van der Waals surface area contributed by atoms with Crippen LogP contribution in [0.5, 0.6) is 0 Å². The van der Waals surface area contributed by atoms with Gasteiger partial charge in [-0.2, -0.15) is 0 Å². The highest BCUT2D eigenvalue weighted by Gasteiger charge is 2.47. The number of carbonyl (C=O) groups excluding carboxylic acids is 2. The Bertz CT molecular complexity index is 1520. The summed E-state index contributed by atoms with van der Waals surface area (Å²) in [6.45, 7) is 5.55. The van der Waals surface area contributed by atoms with Crippen molar-refractivity contribution in [2.75, 3.05) is 13.2 Å². The number of unbranched alkanes of at least 4 members (excludes halogenated alkanes) is 20. The van der Waals surface area contributed by atoms with Crippen LogP contribution in [0.2, 0.25) is 0 Å². The molecule has 8 atom stereocenters. The number of amides is 1. The summed E-state index contributed by atoms with van der Waals surface area (Å²) in [6, 6.07) is -1.04. The van der Waals surface area contributed by atoms with Crippen molar-refractivity contribution in [3.05, 3.63) is 97.2 Å². The van der Waals surface area contributed by atoms with Crippen LogP contribution in [0.3, 0.4) is 0 Å². The fraction of sp³-hybridized carbons (Fsp3) is 0.700. The van der Waals surface area contributed by atoms with E-state index in [2.05, 4.69) is 74.7 Å². The quantitative estimate of drug-likeness (QED) is 0.0149. The maximum atomic E-state index is 13.4. The maximum absolute atomic E-state index is 13.4. The van der Waals surface area contributed by atoms with Gasteiger partial charge in [0.05, 0.1) is 25.4 Å². The van der Waals surface area contributed by atoms with Gasteiger partial charge in [0.25, 0.3) is 0 Å². The van der Waals surface area contributed by atoms with Crippen molar-refractivity contribution < 1.29 is 49.3 Å². The Morgan fingerprint density at radius 3 is 1.68 bits per heavy atom. The van der Waals surface area contributed by atoms with Gasteiger partial charge in [0.1, 0.15) is 24.4 Å². The molecule has 0 spiro atoms. The van der Waals surface area contributed by atoms with Crippen LogP contribution in [0, 0.1) is 0 Å². The monoisotopic (exact) mass is 996 g/mol. The highest BCUT2D eigenvalue weighted by atomic mass is 16.7. The molecule has 11 heteroatoms. The predicted octanol–water partition coefficient (Wildman–Crippen LogP) is 12.4. The number of carbonyl (C=O) groups is 2. The molecular weight excluding hydrogens is 895 g/mol. The molecule has 1 aliphatic heterocycles. The lowest BCUT2D eigenvalue weighted by molar-refractivity contribution is -0.305. The predicted molar refractivity (Wildman–Crippen MR) is 292 cm³/mol. The normalized spacial score (nSPS) is 20.4. The third-order valence-corrected chi connectivity index (χ3v) is 12.6. The zero-order valence-electron chi connectivity index (χ0n) is 44.6. The van der Waals surface area contributed by atoms with Gasteiger partial charge in [0.2, 0.25) is 5.91 Å². The summed E-state index contributed by atoms with van der Waals surface area (Å²) in [4.78, 5) is 26.4. The minimum atomic E-state index is -1.64. The minimum absolute atomic E-state index is 0.0709. The summed E-state index contributed by atoms with van der Waals surface area (Å²) in [7, 11) is 0. The summed E-state index contributed by atoms with van der Waals surface area (Å²) in [5.41, 5.74) is 0. The minimum Gasteiger partial charge on any atom is -0.454 e. The SMILES string of the molecule is CC/C=C/C=C/C=C\C=C/CCCCCC(=O)OC1C(OCC(NC(=O)C(O)CCCCCCC/C=C\C/C=C\C/C=C\CCCCC)C(O)/C=C/CCCCCCCCCCC)OC(CO)C(O)C1O. The molecule has 0 bridgehead atoms. The van der Waals surface area contributed by atoms with Crippen LogP contribution in [0.25, 0.3) is 0 Å². The molecular formula is C60H101NO10. The van der Waals surface area contributed by atoms with Crippen molar-refractivity contribution in [3.63, 3.8) is 0 Å². The average Bonchev–Trinajstić information content (AvgIpc) is 3.37. The molecule has 0 radical (unpaired) electrons. The molecule has 0 aromatic carbocycles. The fourth-order valence-electron chi connectivity index (χ4n) is 8.08. The topological polar surface area (TPSA) is 175 Å². The first-order chi connectivity index (χ1) is 34.7. The van der Waals surface area contributed by atoms with E-state index in [1.54, 1.807) is 6.08 Å². The Balaban J connectivity index is 2.76. The second kappa shape index (κ2) is 47.6. The van der Waals surface area contributed by atoms with E-state index in [9.17, 15) is 35.1 Å². The highest BCUT2D eigenvalue weighted by molar-refractivity contribution is 5.80. The zero-order chi connectivity index (χ0) is 51.8. The average molecular weight is 996 g/mol. The van der Waals surface area contributed by atoms with Gasteiger partial charge >= 0.3 is 5.97 Å². The van der Waals surface area contributed by atoms with Crippen LogP contribution >= 0.6 is 0 Å². The van der Waals surface area contributed by atoms with E-state index in [4.69, 9.17) is 14.2 Å². The first-order valence-electron chi connectivity index (χ1n) is 28.1. The van der Waals surface area contributed by atoms with Crippen LogP contribution < -0.4 is 5.32 Å². The van der Waals surface area contributed by atoms with E-state index in [-0.39, 0.29) is 19.4 Å². The molecule has 1 saturated heterocycles. The van der Waals surface area contributed by atoms with E-state index in [1.807, 2.05) is 42.5 Å². The summed E-state index contributed by atoms with van der Waals surface area (Å²) < 4.78 is 17.5. The fourth-order valence-corrected chi connectivity index (χ4v) is 8.08. The summed E-state index contributed by atoms with van der Waals surface area (Å²) in [5.74, 6) is -1.26. The molecule has 0 aromatic rings. The van der Waals surface area contributed by atoms with Crippen LogP contribution in [0.4, 0.5) is 0 Å². The van der Waals surface area contributed by atoms with Crippen molar-refractivity contribution in [1.82, 2.24) is 5.32 Å². The second-order valence-electron chi connectivity index (χ2n) is 19.0. The molecule has 1 amide bonds. The smallest absolute Gasteiger partial charge is 0.306 e. The molecule has 1 aliphatic rings. The van der Waals surface area contributed by atoms with Gasteiger partial charge in [0, 0.05) is 6.42 Å². The van der Waals surface area contributed by atoms with Crippen molar-refractivity contribution in [1.29, 1.82) is 0 Å². The standard InChI is InChI=1S/C60H101NO10/c1-4-7-10-13-16-19-22-24-25-26-27-28-30-32-35-38-41-44-47-53(64)59(68)61-51(52(63)46-43-40-37-34-31-21-18-15-12-9-6-3)50-69-60-58(57(67)56(66)54(49-62)70-60)71-55(65)48-45-42-39-36-33-29-23-20-17-14-11-8-5-2/h8,11,14,16-17,19-20,23-25,27-29,33,43,46,51-54,56-58,60,62-64,66-67H,4-7,9-10,12-13,15,18,21-22,26,30-32,34-42,44-45,47-50H2,1-3H3,(H,61,68)/b11-8+,17-14+,19-16-,23-20-,25-24-,28-27-,33-29-,46-43+. The summed E-state index contributed by atoms with van der Waals surface area (Å²) >= 11 is 0. The van der Waals surface area contributed by atoms with Crippen molar-refractivity contribution in [2.45, 2.75) is 256 Å². The first-order valence-corrected chi connectivity index (χ1v) is 28.1. The Morgan fingerprint density at radius 2 is 1.07 bits per heavy atom. The second-order valence-corrected chi connectivity index (χ2v) is 19.0. The van der Waals surface area contributed by atoms with E-state index in [0.29, 0.717) is 12.8 Å². The molecule has 0 saturated carbocycles. The molecule has 406 valence electrons. The molecule has 1 heterocycles. The van der Waals surface area contributed by atoms with E-state index >= 15 is 0 Å². The van der Waals surface area contributed by atoms with Gasteiger partial charge in [-0.3, -0.25) is 9.59 Å². The summed E-state index contributed by atoms with van der Waals surface area (Å²) in [6.07, 6.45) is 51.7. The molecule has 11 nitrogen and oxygen atoms in total. The van der Waals surface area contributed by atoms with E-state index < -0.39 is 67.4 Å². The zero-order valence-corrected chi connectivity index (χ0v) is 44.6. The third kappa shape index (κ3) is 36.2. The Kier molecular flexibility index (Phi) is 44.0. The number of ether oxygens (including phenoxy) is 3. The largest absolute Gasteiger partial charge is 0.454 e. The van der Waals surface area contributed by atoms with Crippen molar-refractivity contribution >= 4 is 11.9 Å². The van der Waals surface area contributed by atoms with Gasteiger partial charge < -0.3 is 45.1 Å². The Hall–Kier alpha value is -3.42. The first kappa shape index (κ1) is 65.6. The number of allylic oxidation sites excluding steroid dienone is 15. The van der Waals surface area contributed by atoms with Crippen LogP contribution in [-0.4, -0.2) is 99.6 Å². The van der Waals surface area contributed by atoms with Crippen LogP contribution in [0.15, 0.2) is 97.2 Å². The number of hydrogen-bond acceptors (Lipinski definition) is 10. The van der Waals surface area contributed by atoms with Gasteiger partial charge in [-0.1, -0.05) is 214 Å². The number of hydrogen-bond donors (Lipinski definition) is 6. The Morgan fingerprint density at radius 1 is 0.577 bits per heavy atom. The molecule has 71 heavy (non-hydrogen) atoms. The van der Waals surface area contributed by atoms with Gasteiger partial charge in [-0.05, 0) is 83.5 Å². The van der Waals surface area contributed by atoms with Crippen molar-refractivity contribution in [2.24, 2.45) is 0 Å². The lowest BCUT2D eigenvalue weighted by atomic mass is 9.99. The van der Waals surface area contributed by atoms with Gasteiger partial charge in [-0.15, -0.1) is 0 Å². The van der Waals surface area contributed by atoms with E-state index in [0.717, 1.165) is 96.3 Å². The lowest BCUT2D eigenvalue weighted by Gasteiger charge is -2.41. The molecule has 6 N–H and O–H groups in total. The molecule has 1 rings (SSSR count). The number of aliphatic hydroxyl groups excluding tert-OH is 5. The lowest BCUT2D eigenvalue weighted by Crippen LogP contribution is -2.61. The summed E-state index contributed by atoms with van der Waals surface area (Å²) in [5, 5.41) is 56.7. The van der Waals surface area contributed by atoms with Gasteiger partial charge in [0.15, 0.2) is 12.4 Å². The number of nitrogens with one attached hydrogen (secondary N) is 1. The third-order valence-electron chi connectivity index (χ3n) is 12.6. The van der Waals surface area contributed by atoms with Crippen LogP contribution in [0.1, 0.15) is 207 Å². The van der Waals surface area contributed by atoms with Crippen molar-refractivity contribution in [3.8, 4) is 0 Å².